The highest BCUT2D eigenvalue weighted by Crippen LogP contribution is 2.65. The Balaban J connectivity index is 3.72. The molecule has 1 rings (SSSR count). The summed E-state index contributed by atoms with van der Waals surface area (Å²) in [5.41, 5.74) is -2.35. The molecule has 0 bridgehead atoms. The molecule has 0 aliphatic carbocycles. The Kier molecular flexibility index (Phi) is 6.57. The van der Waals surface area contributed by atoms with Gasteiger partial charge in [0.05, 0.1) is 0 Å². The predicted molar refractivity (Wildman–Crippen MR) is 71.1 cm³/mol. The number of hydrogen-bond donors (Lipinski definition) is 0. The molecule has 0 nitrogen and oxygen atoms in total. The van der Waals surface area contributed by atoms with Gasteiger partial charge in [-0.1, -0.05) is 23.7 Å². The van der Waals surface area contributed by atoms with Gasteiger partial charge in [0.25, 0.3) is 0 Å². The lowest BCUT2D eigenvalue weighted by molar-refractivity contribution is -0.462. The fourth-order valence-electron chi connectivity index (χ4n) is 2.03. The molecule has 32 heavy (non-hydrogen) atoms. The van der Waals surface area contributed by atoms with Gasteiger partial charge in [-0.15, -0.1) is 0 Å². The summed E-state index contributed by atoms with van der Waals surface area (Å²) in [6, 6.07) is 0.581. The van der Waals surface area contributed by atoms with Crippen molar-refractivity contribution in [3.8, 4) is 0 Å². The molecule has 0 saturated heterocycles. The minimum absolute atomic E-state index is 0.168. The van der Waals surface area contributed by atoms with Crippen LogP contribution in [0.3, 0.4) is 0 Å². The van der Waals surface area contributed by atoms with E-state index in [4.69, 9.17) is 11.6 Å². The number of hydrogen-bond acceptors (Lipinski definition) is 0. The van der Waals surface area contributed by atoms with Crippen LogP contribution >= 0.6 is 11.6 Å². The molecule has 0 aliphatic heterocycles. The highest BCUT2D eigenvalue weighted by Gasteiger charge is 2.95. The smallest absolute Gasteiger partial charge is 0.194 e. The van der Waals surface area contributed by atoms with Gasteiger partial charge in [-0.2, -0.15) is 74.6 Å². The van der Waals surface area contributed by atoms with Crippen molar-refractivity contribution < 1.29 is 74.6 Å². The van der Waals surface area contributed by atoms with Crippen LogP contribution in [-0.2, 0) is 5.92 Å². The van der Waals surface area contributed by atoms with Crippen LogP contribution in [-0.4, -0.2) is 41.7 Å². The van der Waals surface area contributed by atoms with Crippen LogP contribution in [0.2, 0.25) is 5.02 Å². The van der Waals surface area contributed by atoms with E-state index in [1.807, 2.05) is 0 Å². The van der Waals surface area contributed by atoms with Gasteiger partial charge in [-0.3, -0.25) is 0 Å². The van der Waals surface area contributed by atoms with Crippen molar-refractivity contribution in [2.45, 2.75) is 47.6 Å². The lowest BCUT2D eigenvalue weighted by Gasteiger charge is -2.42. The first-order valence-electron chi connectivity index (χ1n) is 7.22. The average Bonchev–Trinajstić information content (AvgIpc) is 2.59. The van der Waals surface area contributed by atoms with Crippen LogP contribution in [0.15, 0.2) is 24.3 Å². The summed E-state index contributed by atoms with van der Waals surface area (Å²) in [6.07, 6.45) is -7.78. The van der Waals surface area contributed by atoms with E-state index in [-0.39, 0.29) is 12.1 Å². The highest BCUT2D eigenvalue weighted by molar-refractivity contribution is 6.30. The van der Waals surface area contributed by atoms with Crippen molar-refractivity contribution in [2.75, 3.05) is 0 Å². The van der Waals surface area contributed by atoms with Crippen molar-refractivity contribution >= 4 is 11.6 Å². The molecular weight excluding hydrogens is 527 g/mol. The van der Waals surface area contributed by atoms with E-state index in [1.54, 1.807) is 0 Å². The zero-order valence-corrected chi connectivity index (χ0v) is 14.9. The topological polar surface area (TPSA) is 0 Å². The standard InChI is InChI=1S/C14H4ClF17/c15-6-3-1-2-5(4-6)7(16,17)8(18,19)9(20,21)10(22,23)11(24,25)12(26,27)13(28,29)14(30,31)32/h1-4H. The van der Waals surface area contributed by atoms with Crippen LogP contribution in [0.25, 0.3) is 0 Å². The molecule has 1 aromatic carbocycles. The van der Waals surface area contributed by atoms with E-state index >= 15 is 0 Å². The first-order valence-corrected chi connectivity index (χ1v) is 7.60. The Morgan fingerprint density at radius 3 is 1.16 bits per heavy atom. The molecule has 0 atom stereocenters. The van der Waals surface area contributed by atoms with Crippen LogP contribution in [0, 0.1) is 0 Å². The molecule has 0 heterocycles. The Morgan fingerprint density at radius 1 is 0.469 bits per heavy atom. The van der Waals surface area contributed by atoms with Crippen LogP contribution in [0.4, 0.5) is 74.6 Å². The predicted octanol–water partition coefficient (Wildman–Crippen LogP) is 7.81. The van der Waals surface area contributed by atoms with Crippen molar-refractivity contribution in [3.63, 3.8) is 0 Å². The minimum atomic E-state index is -8.64. The monoisotopic (exact) mass is 530 g/mol. The summed E-state index contributed by atoms with van der Waals surface area (Å²) in [6.45, 7) is 0. The Labute approximate surface area is 169 Å². The molecule has 0 aromatic heterocycles. The van der Waals surface area contributed by atoms with Gasteiger partial charge in [0.2, 0.25) is 0 Å². The van der Waals surface area contributed by atoms with Crippen molar-refractivity contribution in [3.05, 3.63) is 34.9 Å². The van der Waals surface area contributed by atoms with E-state index < -0.39 is 58.2 Å². The highest BCUT2D eigenvalue weighted by atomic mass is 35.5. The van der Waals surface area contributed by atoms with Crippen molar-refractivity contribution in [1.82, 2.24) is 0 Å². The SMILES string of the molecule is FC(F)(F)C(F)(F)C(F)(F)C(F)(F)C(F)(F)C(F)(F)C(F)(F)C(F)(F)c1cccc(Cl)c1. The Hall–Kier alpha value is -1.68. The molecular formula is C14H4ClF17. The summed E-state index contributed by atoms with van der Waals surface area (Å²) in [7, 11) is 0. The summed E-state index contributed by atoms with van der Waals surface area (Å²) >= 11 is 5.11. The van der Waals surface area contributed by atoms with E-state index in [2.05, 4.69) is 0 Å². The number of alkyl halides is 17. The summed E-state index contributed by atoms with van der Waals surface area (Å²) in [4.78, 5) is 0. The van der Waals surface area contributed by atoms with E-state index in [0.29, 0.717) is 12.1 Å². The van der Waals surface area contributed by atoms with Gasteiger partial charge in [0.1, 0.15) is 0 Å². The van der Waals surface area contributed by atoms with E-state index in [1.165, 1.54) is 0 Å². The molecule has 0 N–H and O–H groups in total. The molecule has 0 saturated carbocycles. The summed E-state index contributed by atoms with van der Waals surface area (Å²) in [5, 5.41) is -0.922. The number of rotatable bonds is 7. The fraction of sp³-hybridized carbons (Fsp3) is 0.571. The van der Waals surface area contributed by atoms with Gasteiger partial charge in [0.15, 0.2) is 0 Å². The molecule has 1 aromatic rings. The molecule has 0 unspecified atom stereocenters. The Bertz CT molecular complexity index is 838. The van der Waals surface area contributed by atoms with E-state index in [0.717, 1.165) is 0 Å². The second-order valence-corrected chi connectivity index (χ2v) is 6.47. The Morgan fingerprint density at radius 2 is 0.812 bits per heavy atom. The molecule has 186 valence electrons. The minimum Gasteiger partial charge on any atom is -0.194 e. The second kappa shape index (κ2) is 7.41. The van der Waals surface area contributed by atoms with Gasteiger partial charge in [-0.25, -0.2) is 0 Å². The molecule has 0 aliphatic rings. The molecule has 0 amide bonds. The zero-order valence-electron chi connectivity index (χ0n) is 14.1. The van der Waals surface area contributed by atoms with Crippen molar-refractivity contribution in [1.29, 1.82) is 0 Å². The third kappa shape index (κ3) is 3.54. The normalized spacial score (nSPS) is 15.8. The summed E-state index contributed by atoms with van der Waals surface area (Å²) < 4.78 is 223. The first-order chi connectivity index (χ1) is 13.7. The molecule has 0 radical (unpaired) electrons. The van der Waals surface area contributed by atoms with Gasteiger partial charge in [0, 0.05) is 10.6 Å². The maximum absolute atomic E-state index is 13.9. The number of benzene rings is 1. The van der Waals surface area contributed by atoms with Gasteiger partial charge in [-0.05, 0) is 12.1 Å². The van der Waals surface area contributed by atoms with Crippen LogP contribution < -0.4 is 0 Å². The first kappa shape index (κ1) is 28.4. The number of halogens is 18. The van der Waals surface area contributed by atoms with Gasteiger partial charge >= 0.3 is 47.6 Å². The van der Waals surface area contributed by atoms with Crippen molar-refractivity contribution in [2.24, 2.45) is 0 Å². The largest absolute Gasteiger partial charge is 0.460 e. The zero-order chi connectivity index (χ0) is 26.0. The lowest BCUT2D eigenvalue weighted by atomic mass is 9.87. The summed E-state index contributed by atoms with van der Waals surface area (Å²) in [5.74, 6) is -56.6. The van der Waals surface area contributed by atoms with Crippen LogP contribution in [0.5, 0.6) is 0 Å². The maximum atomic E-state index is 13.9. The maximum Gasteiger partial charge on any atom is 0.460 e. The quantitative estimate of drug-likeness (QED) is 0.316. The van der Waals surface area contributed by atoms with Gasteiger partial charge < -0.3 is 0 Å². The second-order valence-electron chi connectivity index (χ2n) is 6.03. The third-order valence-corrected chi connectivity index (χ3v) is 4.14. The molecule has 0 spiro atoms. The molecule has 18 heteroatoms. The molecule has 0 fully saturated rings. The average molecular weight is 531 g/mol. The lowest BCUT2D eigenvalue weighted by Crippen LogP contribution is -2.74. The van der Waals surface area contributed by atoms with E-state index in [9.17, 15) is 74.6 Å². The third-order valence-electron chi connectivity index (χ3n) is 3.91. The van der Waals surface area contributed by atoms with Crippen LogP contribution in [0.1, 0.15) is 5.56 Å². The fourth-order valence-corrected chi connectivity index (χ4v) is 2.22.